The van der Waals surface area contributed by atoms with Gasteiger partial charge in [-0.15, -0.1) is 0 Å². The van der Waals surface area contributed by atoms with E-state index >= 15 is 0 Å². The summed E-state index contributed by atoms with van der Waals surface area (Å²) in [4.78, 5) is 0. The van der Waals surface area contributed by atoms with E-state index in [0.29, 0.717) is 18.8 Å². The second-order valence-corrected chi connectivity index (χ2v) is 4.76. The molecule has 0 aliphatic heterocycles. The molecule has 0 saturated heterocycles. The van der Waals surface area contributed by atoms with Gasteiger partial charge in [-0.3, -0.25) is 0 Å². The molecule has 0 amide bonds. The molecule has 0 radical (unpaired) electrons. The lowest BCUT2D eigenvalue weighted by atomic mass is 9.93. The highest BCUT2D eigenvalue weighted by atomic mass is 16.7. The van der Waals surface area contributed by atoms with Crippen molar-refractivity contribution in [2.24, 2.45) is 5.92 Å². The van der Waals surface area contributed by atoms with E-state index in [1.807, 2.05) is 13.8 Å². The van der Waals surface area contributed by atoms with E-state index in [2.05, 4.69) is 12.7 Å². The zero-order valence-corrected chi connectivity index (χ0v) is 13.1. The molecule has 2 unspecified atom stereocenters. The Morgan fingerprint density at radius 2 is 1.95 bits per heavy atom. The van der Waals surface area contributed by atoms with Crippen molar-refractivity contribution in [2.45, 2.75) is 32.8 Å². The normalized spacial score (nSPS) is 13.7. The Kier molecular flexibility index (Phi) is 11.4. The van der Waals surface area contributed by atoms with Gasteiger partial charge < -0.3 is 24.1 Å². The molecule has 5 nitrogen and oxygen atoms in total. The van der Waals surface area contributed by atoms with Gasteiger partial charge in [-0.05, 0) is 26.7 Å². The molecule has 0 aromatic carbocycles. The summed E-state index contributed by atoms with van der Waals surface area (Å²) in [5.41, 5.74) is 1.21. The quantitative estimate of drug-likeness (QED) is 0.340. The summed E-state index contributed by atoms with van der Waals surface area (Å²) in [5.74, 6) is 0.543. The van der Waals surface area contributed by atoms with Crippen LogP contribution >= 0.6 is 0 Å². The average molecular weight is 288 g/mol. The van der Waals surface area contributed by atoms with Gasteiger partial charge in [0.25, 0.3) is 0 Å². The highest BCUT2D eigenvalue weighted by Gasteiger charge is 2.25. The second-order valence-electron chi connectivity index (χ2n) is 4.76. The van der Waals surface area contributed by atoms with Crippen LogP contribution < -0.4 is 0 Å². The molecular formula is C15H28O5. The largest absolute Gasteiger partial charge is 0.472 e. The number of ether oxygens (including phenoxy) is 4. The Hall–Kier alpha value is -0.880. The summed E-state index contributed by atoms with van der Waals surface area (Å²) in [7, 11) is 3.20. The molecule has 0 rings (SSSR count). The lowest BCUT2D eigenvalue weighted by Gasteiger charge is -2.27. The molecule has 0 fully saturated rings. The zero-order chi connectivity index (χ0) is 15.4. The van der Waals surface area contributed by atoms with Crippen molar-refractivity contribution in [1.82, 2.24) is 0 Å². The average Bonchev–Trinajstić information content (AvgIpc) is 2.42. The first-order chi connectivity index (χ1) is 9.56. The van der Waals surface area contributed by atoms with Gasteiger partial charge in [0.2, 0.25) is 0 Å². The monoisotopic (exact) mass is 288 g/mol. The van der Waals surface area contributed by atoms with Crippen LogP contribution in [0.1, 0.15) is 26.7 Å². The van der Waals surface area contributed by atoms with Gasteiger partial charge in [0, 0.05) is 26.7 Å². The van der Waals surface area contributed by atoms with E-state index in [1.54, 1.807) is 14.2 Å². The maximum absolute atomic E-state index is 9.05. The van der Waals surface area contributed by atoms with E-state index in [0.717, 1.165) is 6.42 Å². The van der Waals surface area contributed by atoms with E-state index in [4.69, 9.17) is 24.1 Å². The van der Waals surface area contributed by atoms with E-state index in [-0.39, 0.29) is 25.6 Å². The van der Waals surface area contributed by atoms with Crippen molar-refractivity contribution in [2.75, 3.05) is 34.4 Å². The molecule has 2 atom stereocenters. The summed E-state index contributed by atoms with van der Waals surface area (Å²) >= 11 is 0. The molecule has 20 heavy (non-hydrogen) atoms. The van der Waals surface area contributed by atoms with Crippen molar-refractivity contribution >= 4 is 0 Å². The lowest BCUT2D eigenvalue weighted by Crippen LogP contribution is -2.28. The first kappa shape index (κ1) is 19.1. The number of methoxy groups -OCH3 is 2. The van der Waals surface area contributed by atoms with Gasteiger partial charge in [-0.2, -0.15) is 0 Å². The fourth-order valence-corrected chi connectivity index (χ4v) is 1.83. The molecule has 0 heterocycles. The Bertz CT molecular complexity index is 284. The van der Waals surface area contributed by atoms with Crippen LogP contribution in [-0.4, -0.2) is 45.6 Å². The maximum Gasteiger partial charge on any atom is 0.188 e. The highest BCUT2D eigenvalue weighted by Crippen LogP contribution is 2.25. The van der Waals surface area contributed by atoms with Crippen molar-refractivity contribution in [3.8, 4) is 0 Å². The minimum Gasteiger partial charge on any atom is -0.472 e. The minimum absolute atomic E-state index is 0.0534. The SMILES string of the molecule is C=C(OCOC)C(CC=C(C)C)C(CCOC)OCO. The summed E-state index contributed by atoms with van der Waals surface area (Å²) in [5, 5.41) is 9.05. The number of allylic oxidation sites excluding steroid dienone is 2. The van der Waals surface area contributed by atoms with Crippen molar-refractivity contribution in [3.63, 3.8) is 0 Å². The topological polar surface area (TPSA) is 57.2 Å². The third kappa shape index (κ3) is 8.32. The Labute approximate surface area is 122 Å². The van der Waals surface area contributed by atoms with Crippen molar-refractivity contribution in [3.05, 3.63) is 24.0 Å². The van der Waals surface area contributed by atoms with Crippen LogP contribution in [0.15, 0.2) is 24.0 Å². The van der Waals surface area contributed by atoms with Crippen LogP contribution in [0.3, 0.4) is 0 Å². The van der Waals surface area contributed by atoms with Gasteiger partial charge >= 0.3 is 0 Å². The van der Waals surface area contributed by atoms with E-state index < -0.39 is 0 Å². The molecule has 0 bridgehead atoms. The van der Waals surface area contributed by atoms with Gasteiger partial charge in [0.15, 0.2) is 6.79 Å². The van der Waals surface area contributed by atoms with E-state index in [9.17, 15) is 0 Å². The predicted octanol–water partition coefficient (Wildman–Crippen LogP) is 2.46. The summed E-state index contributed by atoms with van der Waals surface area (Å²) in [6.45, 7) is 8.38. The molecule has 118 valence electrons. The smallest absolute Gasteiger partial charge is 0.188 e. The Morgan fingerprint density at radius 3 is 2.45 bits per heavy atom. The van der Waals surface area contributed by atoms with Gasteiger partial charge in [-0.25, -0.2) is 0 Å². The van der Waals surface area contributed by atoms with Crippen LogP contribution in [0.2, 0.25) is 0 Å². The molecule has 0 saturated carbocycles. The lowest BCUT2D eigenvalue weighted by molar-refractivity contribution is -0.0902. The number of aliphatic hydroxyl groups is 1. The standard InChI is InChI=1S/C15H28O5/c1-12(2)6-7-14(13(3)20-11-18-5)15(19-10-16)8-9-17-4/h6,14-16H,3,7-11H2,1-2,4-5H3. The fourth-order valence-electron chi connectivity index (χ4n) is 1.83. The summed E-state index contributed by atoms with van der Waals surface area (Å²) in [6.07, 6.45) is 3.29. The molecular weight excluding hydrogens is 260 g/mol. The first-order valence-corrected chi connectivity index (χ1v) is 6.72. The molecule has 0 aromatic rings. The predicted molar refractivity (Wildman–Crippen MR) is 78.1 cm³/mol. The zero-order valence-electron chi connectivity index (χ0n) is 13.1. The molecule has 5 heteroatoms. The number of aliphatic hydroxyl groups excluding tert-OH is 1. The molecule has 0 aromatic heterocycles. The van der Waals surface area contributed by atoms with Crippen molar-refractivity contribution in [1.29, 1.82) is 0 Å². The summed E-state index contributed by atoms with van der Waals surface area (Å²) < 4.78 is 20.8. The minimum atomic E-state index is -0.336. The molecule has 1 N–H and O–H groups in total. The Balaban J connectivity index is 4.81. The van der Waals surface area contributed by atoms with Crippen LogP contribution in [0.25, 0.3) is 0 Å². The molecule has 0 spiro atoms. The van der Waals surface area contributed by atoms with Crippen LogP contribution in [0.4, 0.5) is 0 Å². The maximum atomic E-state index is 9.05. The number of hydrogen-bond donors (Lipinski definition) is 1. The van der Waals surface area contributed by atoms with Crippen LogP contribution in [0.5, 0.6) is 0 Å². The van der Waals surface area contributed by atoms with Gasteiger partial charge in [0.05, 0.1) is 11.9 Å². The van der Waals surface area contributed by atoms with Gasteiger partial charge in [0.1, 0.15) is 6.79 Å². The summed E-state index contributed by atoms with van der Waals surface area (Å²) in [6, 6.07) is 0. The molecule has 0 aliphatic carbocycles. The van der Waals surface area contributed by atoms with Gasteiger partial charge in [-0.1, -0.05) is 18.2 Å². The highest BCUT2D eigenvalue weighted by molar-refractivity contribution is 5.03. The van der Waals surface area contributed by atoms with Crippen LogP contribution in [-0.2, 0) is 18.9 Å². The van der Waals surface area contributed by atoms with E-state index in [1.165, 1.54) is 5.57 Å². The first-order valence-electron chi connectivity index (χ1n) is 6.72. The molecule has 0 aliphatic rings. The Morgan fingerprint density at radius 1 is 1.25 bits per heavy atom. The number of hydrogen-bond acceptors (Lipinski definition) is 5. The van der Waals surface area contributed by atoms with Crippen molar-refractivity contribution < 1.29 is 24.1 Å². The number of rotatable bonds is 12. The third-order valence-electron chi connectivity index (χ3n) is 2.90. The second kappa shape index (κ2) is 11.9. The fraction of sp³-hybridized carbons (Fsp3) is 0.733. The van der Waals surface area contributed by atoms with Crippen LogP contribution in [0, 0.1) is 5.92 Å². The third-order valence-corrected chi connectivity index (χ3v) is 2.90.